The molecule has 0 radical (unpaired) electrons. The molecule has 2 amide bonds. The molecule has 0 saturated carbocycles. The molecule has 8 heteroatoms. The molecule has 0 aromatic carbocycles. The van der Waals surface area contributed by atoms with Crippen LogP contribution in [0.3, 0.4) is 0 Å². The third-order valence-electron chi connectivity index (χ3n) is 4.36. The van der Waals surface area contributed by atoms with Crippen LogP contribution >= 0.6 is 11.6 Å². The van der Waals surface area contributed by atoms with Gasteiger partial charge < -0.3 is 9.80 Å². The quantitative estimate of drug-likeness (QED) is 0.789. The van der Waals surface area contributed by atoms with Gasteiger partial charge >= 0.3 is 6.03 Å². The molecule has 2 aromatic rings. The van der Waals surface area contributed by atoms with Gasteiger partial charge in [-0.15, -0.1) is 5.10 Å². The van der Waals surface area contributed by atoms with Crippen molar-refractivity contribution in [1.29, 1.82) is 0 Å². The van der Waals surface area contributed by atoms with Gasteiger partial charge in [0.25, 0.3) is 0 Å². The van der Waals surface area contributed by atoms with Gasteiger partial charge in [0.2, 0.25) is 0 Å². The Balaban J connectivity index is 1.73. The van der Waals surface area contributed by atoms with Crippen LogP contribution in [0.15, 0.2) is 30.6 Å². The summed E-state index contributed by atoms with van der Waals surface area (Å²) in [4.78, 5) is 20.0. The third kappa shape index (κ3) is 3.66. The fourth-order valence-electron chi connectivity index (χ4n) is 2.60. The first kappa shape index (κ1) is 17.4. The largest absolute Gasteiger partial charge is 0.325 e. The van der Waals surface area contributed by atoms with E-state index in [1.54, 1.807) is 21.8 Å². The summed E-state index contributed by atoms with van der Waals surface area (Å²) < 4.78 is 1.62. The van der Waals surface area contributed by atoms with E-state index in [0.29, 0.717) is 23.9 Å². The van der Waals surface area contributed by atoms with Gasteiger partial charge in [0.15, 0.2) is 5.15 Å². The van der Waals surface area contributed by atoms with Crippen molar-refractivity contribution in [2.45, 2.75) is 26.3 Å². The molecule has 3 rings (SSSR count). The van der Waals surface area contributed by atoms with Crippen LogP contribution < -0.4 is 0 Å². The van der Waals surface area contributed by atoms with Crippen molar-refractivity contribution in [3.8, 4) is 5.69 Å². The minimum Gasteiger partial charge on any atom is -0.325 e. The average molecular weight is 361 g/mol. The maximum absolute atomic E-state index is 12.4. The van der Waals surface area contributed by atoms with Crippen LogP contribution in [-0.2, 0) is 0 Å². The molecule has 3 heterocycles. The molecule has 25 heavy (non-hydrogen) atoms. The molecule has 2 aromatic heterocycles. The van der Waals surface area contributed by atoms with E-state index in [1.807, 2.05) is 44.1 Å². The second kappa shape index (κ2) is 7.23. The fraction of sp³-hybridized carbons (Fsp3) is 0.412. The number of hydrogen-bond acceptors (Lipinski definition) is 4. The fourth-order valence-corrected chi connectivity index (χ4v) is 2.80. The van der Waals surface area contributed by atoms with E-state index in [1.165, 1.54) is 0 Å². The van der Waals surface area contributed by atoms with E-state index in [0.717, 1.165) is 17.7 Å². The summed E-state index contributed by atoms with van der Waals surface area (Å²) in [6.07, 6.45) is 6.26. The Bertz CT molecular complexity index is 800. The number of urea groups is 1. The Morgan fingerprint density at radius 1 is 1.40 bits per heavy atom. The maximum atomic E-state index is 12.4. The minimum absolute atomic E-state index is 0.0519. The number of pyridine rings is 1. The molecule has 0 bridgehead atoms. The number of aromatic nitrogens is 4. The van der Waals surface area contributed by atoms with E-state index >= 15 is 0 Å². The number of carbonyl (C=O) groups is 1. The number of rotatable bonds is 3. The first-order chi connectivity index (χ1) is 12.0. The summed E-state index contributed by atoms with van der Waals surface area (Å²) >= 11 is 6.10. The lowest BCUT2D eigenvalue weighted by molar-refractivity contribution is 0.157. The Morgan fingerprint density at radius 2 is 2.20 bits per heavy atom. The summed E-state index contributed by atoms with van der Waals surface area (Å²) in [7, 11) is 1.83. The van der Waals surface area contributed by atoms with Crippen molar-refractivity contribution in [2.24, 2.45) is 0 Å². The summed E-state index contributed by atoms with van der Waals surface area (Å²) in [5, 5.41) is 8.76. The van der Waals surface area contributed by atoms with E-state index < -0.39 is 0 Å². The summed E-state index contributed by atoms with van der Waals surface area (Å²) in [5.74, 6) is 0. The van der Waals surface area contributed by atoms with Crippen molar-refractivity contribution in [1.82, 2.24) is 29.8 Å². The number of amides is 2. The lowest BCUT2D eigenvalue weighted by atomic mass is 10.1. The Morgan fingerprint density at radius 3 is 2.84 bits per heavy atom. The van der Waals surface area contributed by atoms with E-state index in [-0.39, 0.29) is 12.1 Å². The second-order valence-electron chi connectivity index (χ2n) is 6.27. The van der Waals surface area contributed by atoms with Gasteiger partial charge in [-0.05, 0) is 38.0 Å². The second-order valence-corrected chi connectivity index (χ2v) is 6.63. The monoisotopic (exact) mass is 360 g/mol. The lowest BCUT2D eigenvalue weighted by Gasteiger charge is -2.32. The third-order valence-corrected chi connectivity index (χ3v) is 4.66. The Kier molecular flexibility index (Phi) is 5.03. The van der Waals surface area contributed by atoms with Crippen molar-refractivity contribution in [3.63, 3.8) is 0 Å². The van der Waals surface area contributed by atoms with Crippen molar-refractivity contribution < 1.29 is 4.79 Å². The molecule has 0 spiro atoms. The van der Waals surface area contributed by atoms with Crippen LogP contribution in [0.5, 0.6) is 0 Å². The highest BCUT2D eigenvalue weighted by Crippen LogP contribution is 2.23. The van der Waals surface area contributed by atoms with Gasteiger partial charge in [0, 0.05) is 32.4 Å². The zero-order valence-corrected chi connectivity index (χ0v) is 15.3. The van der Waals surface area contributed by atoms with Crippen molar-refractivity contribution in [3.05, 3.63) is 41.4 Å². The van der Waals surface area contributed by atoms with Crippen LogP contribution in [-0.4, -0.2) is 62.0 Å². The minimum atomic E-state index is 0.0519. The van der Waals surface area contributed by atoms with Gasteiger partial charge in [-0.25, -0.2) is 14.5 Å². The van der Waals surface area contributed by atoms with Crippen LogP contribution in [0.2, 0.25) is 5.15 Å². The van der Waals surface area contributed by atoms with Crippen molar-refractivity contribution >= 4 is 23.2 Å². The highest BCUT2D eigenvalue weighted by molar-refractivity contribution is 6.31. The van der Waals surface area contributed by atoms with Crippen LogP contribution in [0, 0.1) is 0 Å². The van der Waals surface area contributed by atoms with Gasteiger partial charge in [-0.1, -0.05) is 22.9 Å². The molecule has 0 N–H and O–H groups in total. The first-order valence-corrected chi connectivity index (χ1v) is 8.59. The first-order valence-electron chi connectivity index (χ1n) is 8.21. The summed E-state index contributed by atoms with van der Waals surface area (Å²) in [5.41, 5.74) is 2.57. The number of halogens is 1. The van der Waals surface area contributed by atoms with E-state index in [4.69, 9.17) is 11.6 Å². The molecule has 132 valence electrons. The molecule has 0 saturated heterocycles. The lowest BCUT2D eigenvalue weighted by Crippen LogP contribution is -2.45. The number of nitrogens with zero attached hydrogens (tertiary/aromatic N) is 6. The zero-order valence-electron chi connectivity index (χ0n) is 14.6. The Hall–Kier alpha value is -2.41. The molecule has 0 atom stereocenters. The molecule has 7 nitrogen and oxygen atoms in total. The van der Waals surface area contributed by atoms with Gasteiger partial charge in [-0.2, -0.15) is 0 Å². The molecule has 0 aliphatic carbocycles. The number of carbonyl (C=O) groups excluding carboxylic acids is 1. The van der Waals surface area contributed by atoms with Gasteiger partial charge in [0.1, 0.15) is 11.4 Å². The van der Waals surface area contributed by atoms with Gasteiger partial charge in [0.05, 0.1) is 6.20 Å². The molecule has 1 aliphatic heterocycles. The van der Waals surface area contributed by atoms with Crippen LogP contribution in [0.25, 0.3) is 11.3 Å². The average Bonchev–Trinajstić information content (AvgIpc) is 3.10. The molecule has 0 unspecified atom stereocenters. The predicted molar refractivity (Wildman–Crippen MR) is 96.6 cm³/mol. The SMILES string of the molecule is CC(C)N(C)C(=O)N1CC=C(c2cn(-c3cccnc3Cl)nn2)CC1. The zero-order chi connectivity index (χ0) is 18.0. The normalized spacial score (nSPS) is 14.6. The topological polar surface area (TPSA) is 67.2 Å². The summed E-state index contributed by atoms with van der Waals surface area (Å²) in [6, 6.07) is 3.88. The standard InChI is InChI=1S/C17H21ClN6O/c1-12(2)22(3)17(25)23-9-6-13(7-10-23)14-11-24(21-20-14)15-5-4-8-19-16(15)18/h4-6,8,11-12H,7,9-10H2,1-3H3. The predicted octanol–water partition coefficient (Wildman–Crippen LogP) is 2.87. The smallest absolute Gasteiger partial charge is 0.320 e. The number of hydrogen-bond donors (Lipinski definition) is 0. The van der Waals surface area contributed by atoms with Gasteiger partial charge in [-0.3, -0.25) is 0 Å². The summed E-state index contributed by atoms with van der Waals surface area (Å²) in [6.45, 7) is 5.25. The van der Waals surface area contributed by atoms with E-state index in [9.17, 15) is 4.79 Å². The highest BCUT2D eigenvalue weighted by atomic mass is 35.5. The van der Waals surface area contributed by atoms with Crippen LogP contribution in [0.4, 0.5) is 4.79 Å². The Labute approximate surface area is 151 Å². The van der Waals surface area contributed by atoms with E-state index in [2.05, 4.69) is 15.3 Å². The highest BCUT2D eigenvalue weighted by Gasteiger charge is 2.23. The molecular formula is C17H21ClN6O. The molecule has 0 fully saturated rings. The molecular weight excluding hydrogens is 340 g/mol. The maximum Gasteiger partial charge on any atom is 0.320 e. The van der Waals surface area contributed by atoms with Crippen molar-refractivity contribution in [2.75, 3.05) is 20.1 Å². The molecule has 1 aliphatic rings. The van der Waals surface area contributed by atoms with Crippen LogP contribution in [0.1, 0.15) is 26.0 Å².